The van der Waals surface area contributed by atoms with Gasteiger partial charge in [-0.1, -0.05) is 12.1 Å². The fourth-order valence-corrected chi connectivity index (χ4v) is 1.96. The van der Waals surface area contributed by atoms with Crippen molar-refractivity contribution >= 4 is 11.6 Å². The molecule has 0 unspecified atom stereocenters. The van der Waals surface area contributed by atoms with Crippen LogP contribution >= 0.6 is 0 Å². The van der Waals surface area contributed by atoms with Crippen LogP contribution in [0.3, 0.4) is 0 Å². The zero-order chi connectivity index (χ0) is 15.2. The minimum atomic E-state index is -0.292. The molecule has 0 radical (unpaired) electrons. The van der Waals surface area contributed by atoms with Gasteiger partial charge in [-0.2, -0.15) is 0 Å². The molecular formula is C16H18N2O3. The maximum absolute atomic E-state index is 12.1. The highest BCUT2D eigenvalue weighted by Crippen LogP contribution is 2.26. The van der Waals surface area contributed by atoms with Crippen LogP contribution in [0.2, 0.25) is 0 Å². The number of ether oxygens (including phenoxy) is 1. The van der Waals surface area contributed by atoms with Crippen LogP contribution in [0.5, 0.6) is 11.5 Å². The first-order valence-corrected chi connectivity index (χ1v) is 6.61. The molecule has 2 aromatic rings. The first kappa shape index (κ1) is 14.9. The fourth-order valence-electron chi connectivity index (χ4n) is 1.96. The molecule has 5 heteroatoms. The summed E-state index contributed by atoms with van der Waals surface area (Å²) in [5.74, 6) is -0.0272. The Morgan fingerprint density at radius 1 is 1.24 bits per heavy atom. The zero-order valence-electron chi connectivity index (χ0n) is 11.8. The molecule has 0 aromatic heterocycles. The molecule has 110 valence electrons. The second-order valence-electron chi connectivity index (χ2n) is 4.58. The summed E-state index contributed by atoms with van der Waals surface area (Å²) in [5, 5.41) is 12.5. The van der Waals surface area contributed by atoms with Crippen molar-refractivity contribution in [2.45, 2.75) is 6.42 Å². The summed E-state index contributed by atoms with van der Waals surface area (Å²) >= 11 is 0. The lowest BCUT2D eigenvalue weighted by atomic mass is 10.1. The van der Waals surface area contributed by atoms with Crippen molar-refractivity contribution in [3.8, 4) is 11.5 Å². The highest BCUT2D eigenvalue weighted by atomic mass is 16.5. The minimum absolute atomic E-state index is 0.0663. The molecule has 0 spiro atoms. The van der Waals surface area contributed by atoms with Crippen molar-refractivity contribution in [2.75, 3.05) is 19.0 Å². The van der Waals surface area contributed by atoms with E-state index in [-0.39, 0.29) is 11.7 Å². The number of amides is 1. The molecule has 2 rings (SSSR count). The Labute approximate surface area is 123 Å². The van der Waals surface area contributed by atoms with E-state index in [2.05, 4.69) is 5.32 Å². The number of rotatable bonds is 5. The number of aromatic hydroxyl groups is 1. The van der Waals surface area contributed by atoms with Gasteiger partial charge in [-0.15, -0.1) is 0 Å². The Bertz CT molecular complexity index is 624. The summed E-state index contributed by atoms with van der Waals surface area (Å²) in [6.07, 6.45) is 0.806. The fraction of sp³-hybridized carbons (Fsp3) is 0.188. The van der Waals surface area contributed by atoms with Crippen LogP contribution in [0.15, 0.2) is 42.5 Å². The summed E-state index contributed by atoms with van der Waals surface area (Å²) in [5.41, 5.74) is 7.66. The molecular weight excluding hydrogens is 268 g/mol. The highest BCUT2D eigenvalue weighted by Gasteiger charge is 2.09. The number of benzene rings is 2. The van der Waals surface area contributed by atoms with E-state index < -0.39 is 0 Å². The molecule has 5 nitrogen and oxygen atoms in total. The predicted octanol–water partition coefficient (Wildman–Crippen LogP) is 2.15. The monoisotopic (exact) mass is 286 g/mol. The van der Waals surface area contributed by atoms with Gasteiger partial charge in [-0.3, -0.25) is 4.79 Å². The number of hydrogen-bond acceptors (Lipinski definition) is 4. The van der Waals surface area contributed by atoms with Crippen LogP contribution in [0.1, 0.15) is 15.9 Å². The Kier molecular flexibility index (Phi) is 4.79. The number of carbonyl (C=O) groups excluding carboxylic acids is 1. The number of nitrogens with two attached hydrogens (primary N) is 1. The van der Waals surface area contributed by atoms with E-state index in [0.29, 0.717) is 23.5 Å². The third-order valence-electron chi connectivity index (χ3n) is 3.09. The van der Waals surface area contributed by atoms with Gasteiger partial charge in [0.2, 0.25) is 0 Å². The highest BCUT2D eigenvalue weighted by molar-refractivity contribution is 6.04. The Hall–Kier alpha value is -2.53. The molecule has 0 saturated heterocycles. The first-order valence-electron chi connectivity index (χ1n) is 6.61. The van der Waals surface area contributed by atoms with Crippen LogP contribution in [0.4, 0.5) is 5.69 Å². The molecule has 21 heavy (non-hydrogen) atoms. The maximum atomic E-state index is 12.1. The Morgan fingerprint density at radius 3 is 2.52 bits per heavy atom. The number of nitrogens with one attached hydrogen (secondary N) is 1. The van der Waals surface area contributed by atoms with Crippen molar-refractivity contribution in [3.63, 3.8) is 0 Å². The van der Waals surface area contributed by atoms with E-state index >= 15 is 0 Å². The third-order valence-corrected chi connectivity index (χ3v) is 3.09. The topological polar surface area (TPSA) is 84.6 Å². The summed E-state index contributed by atoms with van der Waals surface area (Å²) in [4.78, 5) is 12.1. The second-order valence-corrected chi connectivity index (χ2v) is 4.58. The van der Waals surface area contributed by atoms with Gasteiger partial charge in [-0.05, 0) is 48.9 Å². The van der Waals surface area contributed by atoms with Gasteiger partial charge in [0, 0.05) is 11.3 Å². The van der Waals surface area contributed by atoms with Gasteiger partial charge >= 0.3 is 0 Å². The van der Waals surface area contributed by atoms with Gasteiger partial charge in [-0.25, -0.2) is 0 Å². The van der Waals surface area contributed by atoms with Crippen LogP contribution in [0, 0.1) is 0 Å². The van der Waals surface area contributed by atoms with E-state index in [1.807, 2.05) is 24.3 Å². The number of methoxy groups -OCH3 is 1. The summed E-state index contributed by atoms with van der Waals surface area (Å²) < 4.78 is 4.94. The molecule has 0 heterocycles. The van der Waals surface area contributed by atoms with Crippen molar-refractivity contribution < 1.29 is 14.6 Å². The molecule has 2 aromatic carbocycles. The summed E-state index contributed by atoms with van der Waals surface area (Å²) in [7, 11) is 1.46. The Balaban J connectivity index is 2.08. The lowest BCUT2D eigenvalue weighted by molar-refractivity contribution is 0.102. The van der Waals surface area contributed by atoms with Crippen molar-refractivity contribution in [3.05, 3.63) is 53.6 Å². The zero-order valence-corrected chi connectivity index (χ0v) is 11.8. The molecule has 0 saturated carbocycles. The number of hydrogen-bond donors (Lipinski definition) is 3. The van der Waals surface area contributed by atoms with Crippen LogP contribution in [0.25, 0.3) is 0 Å². The van der Waals surface area contributed by atoms with Gasteiger partial charge < -0.3 is 20.9 Å². The number of anilines is 1. The molecule has 1 amide bonds. The normalized spacial score (nSPS) is 10.2. The maximum Gasteiger partial charge on any atom is 0.255 e. The van der Waals surface area contributed by atoms with E-state index in [1.165, 1.54) is 13.2 Å². The van der Waals surface area contributed by atoms with E-state index in [9.17, 15) is 9.90 Å². The SMILES string of the molecule is COc1ccc(C(=O)Nc2ccc(CCN)cc2)cc1O. The average molecular weight is 286 g/mol. The van der Waals surface area contributed by atoms with Crippen molar-refractivity contribution in [2.24, 2.45) is 5.73 Å². The smallest absolute Gasteiger partial charge is 0.255 e. The lowest BCUT2D eigenvalue weighted by Crippen LogP contribution is -2.12. The molecule has 0 bridgehead atoms. The average Bonchev–Trinajstić information content (AvgIpc) is 2.49. The number of phenolic OH excluding ortho intramolecular Hbond substituents is 1. The summed E-state index contributed by atoms with van der Waals surface area (Å²) in [6, 6.07) is 12.0. The van der Waals surface area contributed by atoms with E-state index in [4.69, 9.17) is 10.5 Å². The van der Waals surface area contributed by atoms with E-state index in [0.717, 1.165) is 12.0 Å². The third kappa shape index (κ3) is 3.73. The van der Waals surface area contributed by atoms with Gasteiger partial charge in [0.25, 0.3) is 5.91 Å². The molecule has 0 aliphatic rings. The quantitative estimate of drug-likeness (QED) is 0.786. The first-order chi connectivity index (χ1) is 10.1. The predicted molar refractivity (Wildman–Crippen MR) is 81.8 cm³/mol. The second kappa shape index (κ2) is 6.76. The Morgan fingerprint density at radius 2 is 1.95 bits per heavy atom. The molecule has 0 fully saturated rings. The van der Waals surface area contributed by atoms with Gasteiger partial charge in [0.1, 0.15) is 0 Å². The van der Waals surface area contributed by atoms with Gasteiger partial charge in [0.15, 0.2) is 11.5 Å². The molecule has 4 N–H and O–H groups in total. The minimum Gasteiger partial charge on any atom is -0.504 e. The van der Waals surface area contributed by atoms with Crippen LogP contribution < -0.4 is 15.8 Å². The molecule has 0 atom stereocenters. The van der Waals surface area contributed by atoms with Crippen molar-refractivity contribution in [1.82, 2.24) is 0 Å². The lowest BCUT2D eigenvalue weighted by Gasteiger charge is -2.08. The molecule has 0 aliphatic heterocycles. The molecule has 0 aliphatic carbocycles. The van der Waals surface area contributed by atoms with Crippen molar-refractivity contribution in [1.29, 1.82) is 0 Å². The largest absolute Gasteiger partial charge is 0.504 e. The van der Waals surface area contributed by atoms with Crippen LogP contribution in [-0.4, -0.2) is 24.7 Å². The van der Waals surface area contributed by atoms with E-state index in [1.54, 1.807) is 12.1 Å². The van der Waals surface area contributed by atoms with Gasteiger partial charge in [0.05, 0.1) is 7.11 Å². The van der Waals surface area contributed by atoms with Crippen LogP contribution in [-0.2, 0) is 6.42 Å². The number of phenols is 1. The standard InChI is InChI=1S/C16H18N2O3/c1-21-15-7-4-12(10-14(15)19)16(20)18-13-5-2-11(3-6-13)8-9-17/h2-7,10,19H,8-9,17H2,1H3,(H,18,20). The summed E-state index contributed by atoms with van der Waals surface area (Å²) in [6.45, 7) is 0.594. The number of carbonyl (C=O) groups is 1.